The van der Waals surface area contributed by atoms with Gasteiger partial charge in [0.1, 0.15) is 0 Å². The van der Waals surface area contributed by atoms with Crippen LogP contribution >= 0.6 is 0 Å². The molecule has 0 saturated heterocycles. The van der Waals surface area contributed by atoms with Crippen LogP contribution in [0.15, 0.2) is 46.6 Å². The summed E-state index contributed by atoms with van der Waals surface area (Å²) in [6.07, 6.45) is 6.83. The summed E-state index contributed by atoms with van der Waals surface area (Å²) in [5.74, 6) is -0.594. The molecule has 0 aromatic heterocycles. The van der Waals surface area contributed by atoms with Gasteiger partial charge in [0.15, 0.2) is 23.1 Å². The Balaban J connectivity index is 1.94. The molecule has 4 nitrogen and oxygen atoms in total. The molecule has 0 spiro atoms. The molecule has 21 heavy (non-hydrogen) atoms. The van der Waals surface area contributed by atoms with E-state index in [1.54, 1.807) is 13.8 Å². The second-order valence-corrected chi connectivity index (χ2v) is 5.30. The third kappa shape index (κ3) is 3.40. The van der Waals surface area contributed by atoms with Gasteiger partial charge in [0, 0.05) is 22.3 Å². The van der Waals surface area contributed by atoms with Crippen LogP contribution in [0.25, 0.3) is 0 Å². The van der Waals surface area contributed by atoms with Crippen molar-refractivity contribution in [2.45, 2.75) is 33.1 Å². The molecule has 0 amide bonds. The topological polar surface area (TPSA) is 68.3 Å². The van der Waals surface area contributed by atoms with E-state index in [9.17, 15) is 19.2 Å². The first-order chi connectivity index (χ1) is 9.88. The number of carbonyl (C=O) groups is 4. The monoisotopic (exact) mass is 284 g/mol. The maximum atomic E-state index is 11.7. The third-order valence-corrected chi connectivity index (χ3v) is 3.61. The van der Waals surface area contributed by atoms with Crippen molar-refractivity contribution in [2.75, 3.05) is 0 Å². The van der Waals surface area contributed by atoms with Crippen LogP contribution in [-0.4, -0.2) is 23.1 Å². The standard InChI is InChI=1S/C17H16O4/c1-10-6-16(20)12(8-14(10)18)4-3-5-13-9-15(19)11(2)7-17(13)21/h6-9H,3-5H2,1-2H3. The van der Waals surface area contributed by atoms with Crippen LogP contribution in [0.5, 0.6) is 0 Å². The lowest BCUT2D eigenvalue weighted by molar-refractivity contribution is -0.115. The van der Waals surface area contributed by atoms with Crippen molar-refractivity contribution in [3.8, 4) is 0 Å². The zero-order valence-corrected chi connectivity index (χ0v) is 12.1. The average molecular weight is 284 g/mol. The molecule has 0 aliphatic heterocycles. The smallest absolute Gasteiger partial charge is 0.182 e. The predicted molar refractivity (Wildman–Crippen MR) is 77.6 cm³/mol. The fourth-order valence-corrected chi connectivity index (χ4v) is 2.27. The first-order valence-corrected chi connectivity index (χ1v) is 6.83. The molecule has 0 N–H and O–H groups in total. The average Bonchev–Trinajstić information content (AvgIpc) is 2.41. The van der Waals surface area contributed by atoms with Gasteiger partial charge in [-0.15, -0.1) is 0 Å². The largest absolute Gasteiger partial charge is 0.290 e. The summed E-state index contributed by atoms with van der Waals surface area (Å²) in [4.78, 5) is 46.6. The molecule has 2 aliphatic carbocycles. The summed E-state index contributed by atoms with van der Waals surface area (Å²) in [5.41, 5.74) is 1.82. The summed E-state index contributed by atoms with van der Waals surface area (Å²) >= 11 is 0. The summed E-state index contributed by atoms with van der Waals surface area (Å²) in [5, 5.41) is 0. The SMILES string of the molecule is CC1=CC(=O)C(CCCC2=CC(=O)C(C)=CC2=O)=CC1=O. The molecule has 0 unspecified atom stereocenters. The Hall–Kier alpha value is -2.36. The molecule has 2 aliphatic rings. The Kier molecular flexibility index (Phi) is 4.26. The first kappa shape index (κ1) is 15.0. The van der Waals surface area contributed by atoms with Gasteiger partial charge in [-0.25, -0.2) is 0 Å². The van der Waals surface area contributed by atoms with Crippen LogP contribution in [0.1, 0.15) is 33.1 Å². The molecule has 4 heteroatoms. The minimum absolute atomic E-state index is 0.147. The minimum Gasteiger partial charge on any atom is -0.290 e. The maximum Gasteiger partial charge on any atom is 0.182 e. The normalized spacial score (nSPS) is 19.1. The summed E-state index contributed by atoms with van der Waals surface area (Å²) in [6.45, 7) is 3.22. The molecular weight excluding hydrogens is 268 g/mol. The van der Waals surface area contributed by atoms with Gasteiger partial charge in [-0.05, 0) is 57.4 Å². The Morgan fingerprint density at radius 2 is 1.00 bits per heavy atom. The fourth-order valence-electron chi connectivity index (χ4n) is 2.27. The molecule has 0 heterocycles. The van der Waals surface area contributed by atoms with Gasteiger partial charge in [0.25, 0.3) is 0 Å². The van der Waals surface area contributed by atoms with Crippen molar-refractivity contribution in [2.24, 2.45) is 0 Å². The van der Waals surface area contributed by atoms with E-state index in [2.05, 4.69) is 0 Å². The van der Waals surface area contributed by atoms with Crippen molar-refractivity contribution in [3.63, 3.8) is 0 Å². The Bertz CT molecular complexity index is 611. The van der Waals surface area contributed by atoms with E-state index in [0.29, 0.717) is 41.6 Å². The van der Waals surface area contributed by atoms with E-state index in [4.69, 9.17) is 0 Å². The Labute approximate surface area is 122 Å². The van der Waals surface area contributed by atoms with Gasteiger partial charge in [0.2, 0.25) is 0 Å². The molecule has 0 aromatic rings. The van der Waals surface area contributed by atoms with E-state index in [1.807, 2.05) is 0 Å². The molecule has 2 rings (SSSR count). The highest BCUT2D eigenvalue weighted by Gasteiger charge is 2.19. The molecule has 0 saturated carbocycles. The third-order valence-electron chi connectivity index (χ3n) is 3.61. The van der Waals surface area contributed by atoms with Gasteiger partial charge >= 0.3 is 0 Å². The number of carbonyl (C=O) groups excluding carboxylic acids is 4. The van der Waals surface area contributed by atoms with Crippen molar-refractivity contribution in [3.05, 3.63) is 46.6 Å². The van der Waals surface area contributed by atoms with E-state index in [0.717, 1.165) is 0 Å². The molecule has 0 bridgehead atoms. The van der Waals surface area contributed by atoms with Crippen molar-refractivity contribution in [1.82, 2.24) is 0 Å². The van der Waals surface area contributed by atoms with Crippen LogP contribution in [0.3, 0.4) is 0 Å². The van der Waals surface area contributed by atoms with E-state index < -0.39 is 0 Å². The van der Waals surface area contributed by atoms with Crippen molar-refractivity contribution in [1.29, 1.82) is 0 Å². The van der Waals surface area contributed by atoms with Crippen LogP contribution in [-0.2, 0) is 19.2 Å². The molecular formula is C17H16O4. The van der Waals surface area contributed by atoms with Gasteiger partial charge < -0.3 is 0 Å². The van der Waals surface area contributed by atoms with Crippen LogP contribution in [0.2, 0.25) is 0 Å². The highest BCUT2D eigenvalue weighted by molar-refractivity contribution is 6.20. The Morgan fingerprint density at radius 1 is 0.619 bits per heavy atom. The van der Waals surface area contributed by atoms with Crippen LogP contribution in [0.4, 0.5) is 0 Å². The summed E-state index contributed by atoms with van der Waals surface area (Å²) in [6, 6.07) is 0. The zero-order chi connectivity index (χ0) is 15.6. The molecule has 0 fully saturated rings. The minimum atomic E-state index is -0.150. The lowest BCUT2D eigenvalue weighted by Gasteiger charge is -2.11. The van der Waals surface area contributed by atoms with E-state index in [-0.39, 0.29) is 23.1 Å². The van der Waals surface area contributed by atoms with Crippen LogP contribution < -0.4 is 0 Å². The highest BCUT2D eigenvalue weighted by Crippen LogP contribution is 2.21. The zero-order valence-electron chi connectivity index (χ0n) is 12.1. The van der Waals surface area contributed by atoms with Crippen LogP contribution in [0, 0.1) is 0 Å². The summed E-state index contributed by atoms with van der Waals surface area (Å²) < 4.78 is 0. The molecule has 0 radical (unpaired) electrons. The fraction of sp³-hybridized carbons (Fsp3) is 0.294. The maximum absolute atomic E-state index is 11.7. The number of ketones is 4. The second-order valence-electron chi connectivity index (χ2n) is 5.30. The number of allylic oxidation sites excluding steroid dienone is 8. The molecule has 108 valence electrons. The highest BCUT2D eigenvalue weighted by atomic mass is 16.1. The van der Waals surface area contributed by atoms with E-state index in [1.165, 1.54) is 24.3 Å². The number of rotatable bonds is 4. The van der Waals surface area contributed by atoms with Gasteiger partial charge in [-0.2, -0.15) is 0 Å². The lowest BCUT2D eigenvalue weighted by Crippen LogP contribution is -2.13. The second kappa shape index (κ2) is 5.95. The molecule has 0 atom stereocenters. The van der Waals surface area contributed by atoms with Gasteiger partial charge in [0.05, 0.1) is 0 Å². The summed E-state index contributed by atoms with van der Waals surface area (Å²) in [7, 11) is 0. The quantitative estimate of drug-likeness (QED) is 0.742. The number of hydrogen-bond donors (Lipinski definition) is 0. The predicted octanol–water partition coefficient (Wildman–Crippen LogP) is 2.21. The van der Waals surface area contributed by atoms with Gasteiger partial charge in [-0.3, -0.25) is 19.2 Å². The number of hydrogen-bond acceptors (Lipinski definition) is 4. The lowest BCUT2D eigenvalue weighted by atomic mass is 9.91. The van der Waals surface area contributed by atoms with Crippen molar-refractivity contribution < 1.29 is 19.2 Å². The van der Waals surface area contributed by atoms with Crippen molar-refractivity contribution >= 4 is 23.1 Å². The van der Waals surface area contributed by atoms with E-state index >= 15 is 0 Å². The molecule has 0 aromatic carbocycles. The first-order valence-electron chi connectivity index (χ1n) is 6.83. The Morgan fingerprint density at radius 3 is 1.38 bits per heavy atom. The van der Waals surface area contributed by atoms with Gasteiger partial charge in [-0.1, -0.05) is 0 Å².